The number of aromatic nitrogens is 2. The first-order chi connectivity index (χ1) is 6.38. The Balaban J connectivity index is 0.000000980. The summed E-state index contributed by atoms with van der Waals surface area (Å²) in [6.45, 7) is 2.51. The first kappa shape index (κ1) is 11.4. The molecule has 14 heavy (non-hydrogen) atoms. The largest absolute Gasteiger partial charge is 0.339 e. The van der Waals surface area contributed by atoms with Gasteiger partial charge in [-0.3, -0.25) is 0 Å². The fraction of sp³-hybridized carbons (Fsp3) is 0.750. The zero-order valence-corrected chi connectivity index (χ0v) is 8.72. The standard InChI is InChI=1S/C8H14N4O.ClH/c9-4-7-11-8(13-12-7)3-6-1-2-10-5-6;/h6,10H,1-5,9H2;1H. The van der Waals surface area contributed by atoms with Gasteiger partial charge in [0.2, 0.25) is 5.89 Å². The normalized spacial score (nSPS) is 20.8. The van der Waals surface area contributed by atoms with Crippen LogP contribution in [-0.2, 0) is 13.0 Å². The Hall–Kier alpha value is -0.650. The van der Waals surface area contributed by atoms with E-state index in [1.165, 1.54) is 6.42 Å². The third-order valence-corrected chi connectivity index (χ3v) is 2.32. The predicted octanol–water partition coefficient (Wildman–Crippen LogP) is 0.102. The first-order valence-corrected chi connectivity index (χ1v) is 4.60. The smallest absolute Gasteiger partial charge is 0.227 e. The summed E-state index contributed by atoms with van der Waals surface area (Å²) >= 11 is 0. The predicted molar refractivity (Wildman–Crippen MR) is 54.1 cm³/mol. The molecule has 0 bridgehead atoms. The summed E-state index contributed by atoms with van der Waals surface area (Å²) in [4.78, 5) is 4.16. The van der Waals surface area contributed by atoms with Gasteiger partial charge in [0.25, 0.3) is 0 Å². The molecule has 1 aromatic rings. The quantitative estimate of drug-likeness (QED) is 0.753. The molecule has 80 valence electrons. The molecule has 1 saturated heterocycles. The van der Waals surface area contributed by atoms with Crippen LogP contribution in [0.3, 0.4) is 0 Å². The van der Waals surface area contributed by atoms with Crippen LogP contribution in [0, 0.1) is 5.92 Å². The molecule has 0 radical (unpaired) electrons. The van der Waals surface area contributed by atoms with E-state index in [0.717, 1.165) is 19.5 Å². The molecule has 0 amide bonds. The van der Waals surface area contributed by atoms with E-state index in [0.29, 0.717) is 24.2 Å². The molecule has 0 saturated carbocycles. The number of nitrogens with one attached hydrogen (secondary N) is 1. The lowest BCUT2D eigenvalue weighted by Gasteiger charge is -2.01. The van der Waals surface area contributed by atoms with Crippen molar-refractivity contribution in [2.24, 2.45) is 11.7 Å². The molecule has 5 nitrogen and oxygen atoms in total. The average Bonchev–Trinajstić information content (AvgIpc) is 2.76. The molecule has 2 rings (SSSR count). The van der Waals surface area contributed by atoms with Gasteiger partial charge in [-0.25, -0.2) is 0 Å². The van der Waals surface area contributed by atoms with E-state index in [1.807, 2.05) is 0 Å². The number of hydrogen-bond acceptors (Lipinski definition) is 5. The molecule has 1 aliphatic rings. The number of nitrogens with zero attached hydrogens (tertiary/aromatic N) is 2. The lowest BCUT2D eigenvalue weighted by Crippen LogP contribution is -2.11. The van der Waals surface area contributed by atoms with Crippen LogP contribution in [-0.4, -0.2) is 23.2 Å². The van der Waals surface area contributed by atoms with Crippen molar-refractivity contribution >= 4 is 12.4 Å². The second kappa shape index (κ2) is 5.29. The van der Waals surface area contributed by atoms with Gasteiger partial charge in [-0.1, -0.05) is 5.16 Å². The van der Waals surface area contributed by atoms with Gasteiger partial charge in [-0.15, -0.1) is 12.4 Å². The highest BCUT2D eigenvalue weighted by Gasteiger charge is 2.17. The minimum absolute atomic E-state index is 0. The molecule has 1 aliphatic heterocycles. The van der Waals surface area contributed by atoms with Crippen molar-refractivity contribution in [2.45, 2.75) is 19.4 Å². The van der Waals surface area contributed by atoms with Gasteiger partial charge in [0, 0.05) is 6.42 Å². The van der Waals surface area contributed by atoms with Crippen LogP contribution >= 0.6 is 12.4 Å². The number of halogens is 1. The van der Waals surface area contributed by atoms with E-state index in [4.69, 9.17) is 10.3 Å². The lowest BCUT2D eigenvalue weighted by atomic mass is 10.1. The second-order valence-electron chi connectivity index (χ2n) is 3.37. The van der Waals surface area contributed by atoms with Crippen LogP contribution in [0.15, 0.2) is 4.52 Å². The summed E-state index contributed by atoms with van der Waals surface area (Å²) in [5, 5.41) is 7.04. The average molecular weight is 219 g/mol. The molecule has 0 spiro atoms. The van der Waals surface area contributed by atoms with Crippen molar-refractivity contribution in [3.05, 3.63) is 11.7 Å². The molecular formula is C8H15ClN4O. The fourth-order valence-corrected chi connectivity index (χ4v) is 1.59. The molecule has 1 unspecified atom stereocenters. The summed E-state index contributed by atoms with van der Waals surface area (Å²) in [6.07, 6.45) is 2.07. The Morgan fingerprint density at radius 3 is 3.00 bits per heavy atom. The van der Waals surface area contributed by atoms with Gasteiger partial charge in [-0.05, 0) is 25.4 Å². The van der Waals surface area contributed by atoms with Crippen molar-refractivity contribution in [3.63, 3.8) is 0 Å². The van der Waals surface area contributed by atoms with Gasteiger partial charge in [-0.2, -0.15) is 4.98 Å². The zero-order valence-electron chi connectivity index (χ0n) is 7.90. The maximum Gasteiger partial charge on any atom is 0.227 e. The summed E-state index contributed by atoms with van der Waals surface area (Å²) in [5.74, 6) is 1.96. The van der Waals surface area contributed by atoms with Crippen molar-refractivity contribution in [3.8, 4) is 0 Å². The van der Waals surface area contributed by atoms with Crippen LogP contribution in [0.5, 0.6) is 0 Å². The van der Waals surface area contributed by atoms with E-state index in [-0.39, 0.29) is 12.4 Å². The highest BCUT2D eigenvalue weighted by atomic mass is 35.5. The molecule has 6 heteroatoms. The molecular weight excluding hydrogens is 204 g/mol. The first-order valence-electron chi connectivity index (χ1n) is 4.60. The topological polar surface area (TPSA) is 77.0 Å². The molecule has 0 aromatic carbocycles. The monoisotopic (exact) mass is 218 g/mol. The van der Waals surface area contributed by atoms with Crippen molar-refractivity contribution < 1.29 is 4.52 Å². The summed E-state index contributed by atoms with van der Waals surface area (Å²) < 4.78 is 5.05. The minimum atomic E-state index is 0. The maximum atomic E-state index is 5.37. The maximum absolute atomic E-state index is 5.37. The summed E-state index contributed by atoms with van der Waals surface area (Å²) in [5.41, 5.74) is 5.37. The minimum Gasteiger partial charge on any atom is -0.339 e. The Kier molecular flexibility index (Phi) is 4.31. The Morgan fingerprint density at radius 1 is 1.57 bits per heavy atom. The van der Waals surface area contributed by atoms with Gasteiger partial charge < -0.3 is 15.6 Å². The molecule has 1 aromatic heterocycles. The van der Waals surface area contributed by atoms with Crippen LogP contribution in [0.25, 0.3) is 0 Å². The lowest BCUT2D eigenvalue weighted by molar-refractivity contribution is 0.353. The van der Waals surface area contributed by atoms with E-state index in [1.54, 1.807) is 0 Å². The third-order valence-electron chi connectivity index (χ3n) is 2.32. The van der Waals surface area contributed by atoms with Crippen molar-refractivity contribution in [1.82, 2.24) is 15.5 Å². The van der Waals surface area contributed by atoms with E-state index in [9.17, 15) is 0 Å². The summed E-state index contributed by atoms with van der Waals surface area (Å²) in [6, 6.07) is 0. The number of nitrogens with two attached hydrogens (primary N) is 1. The number of hydrogen-bond donors (Lipinski definition) is 2. The van der Waals surface area contributed by atoms with Gasteiger partial charge in [0.05, 0.1) is 6.54 Å². The Bertz CT molecular complexity index is 272. The van der Waals surface area contributed by atoms with E-state index in [2.05, 4.69) is 15.5 Å². The summed E-state index contributed by atoms with van der Waals surface area (Å²) in [7, 11) is 0. The second-order valence-corrected chi connectivity index (χ2v) is 3.37. The molecule has 1 fully saturated rings. The van der Waals surface area contributed by atoms with Gasteiger partial charge in [0.1, 0.15) is 0 Å². The Morgan fingerprint density at radius 2 is 2.43 bits per heavy atom. The van der Waals surface area contributed by atoms with Crippen LogP contribution < -0.4 is 11.1 Å². The SMILES string of the molecule is Cl.NCc1noc(CC2CCNC2)n1. The van der Waals surface area contributed by atoms with Gasteiger partial charge in [0.15, 0.2) is 5.82 Å². The van der Waals surface area contributed by atoms with Gasteiger partial charge >= 0.3 is 0 Å². The van der Waals surface area contributed by atoms with Crippen molar-refractivity contribution in [2.75, 3.05) is 13.1 Å². The van der Waals surface area contributed by atoms with E-state index >= 15 is 0 Å². The molecule has 1 atom stereocenters. The van der Waals surface area contributed by atoms with Crippen LogP contribution in [0.4, 0.5) is 0 Å². The van der Waals surface area contributed by atoms with E-state index < -0.39 is 0 Å². The fourth-order valence-electron chi connectivity index (χ4n) is 1.59. The number of rotatable bonds is 3. The highest BCUT2D eigenvalue weighted by Crippen LogP contribution is 2.13. The zero-order chi connectivity index (χ0) is 9.10. The van der Waals surface area contributed by atoms with Crippen LogP contribution in [0.2, 0.25) is 0 Å². The molecule has 0 aliphatic carbocycles. The third kappa shape index (κ3) is 2.67. The molecule has 3 N–H and O–H groups in total. The molecule has 2 heterocycles. The van der Waals surface area contributed by atoms with Crippen molar-refractivity contribution in [1.29, 1.82) is 0 Å². The highest BCUT2D eigenvalue weighted by molar-refractivity contribution is 5.85. The van der Waals surface area contributed by atoms with Crippen LogP contribution in [0.1, 0.15) is 18.1 Å². The Labute approximate surface area is 88.8 Å².